The number of ether oxygens (including phenoxy) is 1. The summed E-state index contributed by atoms with van der Waals surface area (Å²) >= 11 is 3.38. The van der Waals surface area contributed by atoms with Crippen LogP contribution in [0.5, 0.6) is 0 Å². The second kappa shape index (κ2) is 5.80. The molecule has 0 bridgehead atoms. The number of aromatic nitrogens is 1. The Morgan fingerprint density at radius 3 is 3.12 bits per heavy atom. The summed E-state index contributed by atoms with van der Waals surface area (Å²) in [6.07, 6.45) is 1.03. The lowest BCUT2D eigenvalue weighted by Gasteiger charge is -2.36. The Morgan fingerprint density at radius 1 is 1.59 bits per heavy atom. The van der Waals surface area contributed by atoms with Crippen molar-refractivity contribution in [1.29, 1.82) is 0 Å². The largest absolute Gasteiger partial charge is 0.392 e. The van der Waals surface area contributed by atoms with Crippen molar-refractivity contribution in [3.63, 3.8) is 0 Å². The van der Waals surface area contributed by atoms with Crippen molar-refractivity contribution >= 4 is 21.7 Å². The molecule has 1 fully saturated rings. The molecule has 4 nitrogen and oxygen atoms in total. The molecule has 1 aliphatic rings. The molecule has 1 aliphatic heterocycles. The van der Waals surface area contributed by atoms with Crippen LogP contribution in [0.4, 0.5) is 5.82 Å². The summed E-state index contributed by atoms with van der Waals surface area (Å²) in [5, 5.41) is 9.22. The van der Waals surface area contributed by atoms with E-state index in [2.05, 4.69) is 32.7 Å². The molecular formula is C12H17BrN2O2. The van der Waals surface area contributed by atoms with Crippen molar-refractivity contribution in [2.24, 2.45) is 0 Å². The molecule has 1 unspecified atom stereocenters. The minimum atomic E-state index is 0.0370. The van der Waals surface area contributed by atoms with Crippen molar-refractivity contribution in [2.75, 3.05) is 24.7 Å². The predicted octanol–water partition coefficient (Wildman–Crippen LogP) is 1.95. The van der Waals surface area contributed by atoms with Crippen LogP contribution < -0.4 is 4.90 Å². The Bertz CT molecular complexity index is 387. The van der Waals surface area contributed by atoms with Gasteiger partial charge >= 0.3 is 0 Å². The Morgan fingerprint density at radius 2 is 2.41 bits per heavy atom. The summed E-state index contributed by atoms with van der Waals surface area (Å²) in [6.45, 7) is 4.53. The third-order valence-electron chi connectivity index (χ3n) is 3.02. The molecule has 1 aromatic rings. The molecule has 1 saturated heterocycles. The maximum Gasteiger partial charge on any atom is 0.130 e. The summed E-state index contributed by atoms with van der Waals surface area (Å²) in [5.41, 5.74) is 0.878. The van der Waals surface area contributed by atoms with Gasteiger partial charge in [-0.2, -0.15) is 0 Å². The molecule has 2 heterocycles. The average Bonchev–Trinajstić information content (AvgIpc) is 2.37. The molecular weight excluding hydrogens is 284 g/mol. The lowest BCUT2D eigenvalue weighted by Crippen LogP contribution is -2.45. The summed E-state index contributed by atoms with van der Waals surface area (Å²) in [4.78, 5) is 6.74. The van der Waals surface area contributed by atoms with E-state index in [9.17, 15) is 5.11 Å². The van der Waals surface area contributed by atoms with Crippen molar-refractivity contribution in [3.8, 4) is 0 Å². The van der Waals surface area contributed by atoms with E-state index >= 15 is 0 Å². The molecule has 0 aromatic carbocycles. The van der Waals surface area contributed by atoms with Gasteiger partial charge < -0.3 is 14.7 Å². The van der Waals surface area contributed by atoms with Crippen LogP contribution in [0.25, 0.3) is 0 Å². The number of hydrogen-bond donors (Lipinski definition) is 1. The van der Waals surface area contributed by atoms with Crippen LogP contribution in [-0.4, -0.2) is 35.9 Å². The van der Waals surface area contributed by atoms with Gasteiger partial charge in [-0.05, 0) is 40.0 Å². The molecule has 1 aromatic heterocycles. The van der Waals surface area contributed by atoms with Crippen LogP contribution in [0.2, 0.25) is 0 Å². The fourth-order valence-corrected chi connectivity index (χ4v) is 2.54. The summed E-state index contributed by atoms with van der Waals surface area (Å²) < 4.78 is 6.25. The van der Waals surface area contributed by atoms with Crippen molar-refractivity contribution in [3.05, 3.63) is 22.3 Å². The first-order valence-corrected chi connectivity index (χ1v) is 6.65. The first-order valence-electron chi connectivity index (χ1n) is 5.86. The molecule has 2 rings (SSSR count). The fraction of sp³-hybridized carbons (Fsp3) is 0.583. The highest BCUT2D eigenvalue weighted by molar-refractivity contribution is 9.10. The predicted molar refractivity (Wildman–Crippen MR) is 70.1 cm³/mol. The lowest BCUT2D eigenvalue weighted by molar-refractivity contribution is 0.0925. The van der Waals surface area contributed by atoms with Gasteiger partial charge in [0.15, 0.2) is 0 Å². The Kier molecular flexibility index (Phi) is 4.36. The zero-order valence-corrected chi connectivity index (χ0v) is 11.5. The first kappa shape index (κ1) is 12.8. The smallest absolute Gasteiger partial charge is 0.130 e. The normalized spacial score (nSPS) is 20.6. The van der Waals surface area contributed by atoms with Crippen LogP contribution in [0.15, 0.2) is 16.7 Å². The number of pyridine rings is 1. The van der Waals surface area contributed by atoms with Crippen LogP contribution in [0.3, 0.4) is 0 Å². The first-order chi connectivity index (χ1) is 8.24. The maximum atomic E-state index is 9.22. The molecule has 5 heteroatoms. The zero-order valence-electron chi connectivity index (χ0n) is 9.90. The number of anilines is 1. The van der Waals surface area contributed by atoms with Gasteiger partial charge in [-0.1, -0.05) is 6.92 Å². The van der Waals surface area contributed by atoms with Crippen LogP contribution in [-0.2, 0) is 11.3 Å². The van der Waals surface area contributed by atoms with Crippen LogP contribution in [0, 0.1) is 0 Å². The molecule has 1 atom stereocenters. The minimum absolute atomic E-state index is 0.0370. The maximum absolute atomic E-state index is 9.22. The molecule has 0 amide bonds. The van der Waals surface area contributed by atoms with E-state index in [-0.39, 0.29) is 6.61 Å². The van der Waals surface area contributed by atoms with Gasteiger partial charge in [0, 0.05) is 6.54 Å². The van der Waals surface area contributed by atoms with E-state index in [1.165, 1.54) is 0 Å². The molecule has 0 saturated carbocycles. The molecule has 94 valence electrons. The number of hydrogen-bond acceptors (Lipinski definition) is 4. The van der Waals surface area contributed by atoms with Crippen molar-refractivity contribution in [1.82, 2.24) is 4.98 Å². The molecule has 1 N–H and O–H groups in total. The topological polar surface area (TPSA) is 45.6 Å². The van der Waals surface area contributed by atoms with Gasteiger partial charge in [0.2, 0.25) is 0 Å². The van der Waals surface area contributed by atoms with E-state index in [4.69, 9.17) is 4.74 Å². The number of nitrogens with zero attached hydrogens (tertiary/aromatic N) is 2. The van der Waals surface area contributed by atoms with E-state index in [1.807, 2.05) is 12.1 Å². The fourth-order valence-electron chi connectivity index (χ4n) is 2.07. The van der Waals surface area contributed by atoms with Gasteiger partial charge in [0.1, 0.15) is 10.4 Å². The van der Waals surface area contributed by atoms with Crippen LogP contribution >= 0.6 is 15.9 Å². The number of halogens is 1. The number of aliphatic hydroxyl groups is 1. The van der Waals surface area contributed by atoms with E-state index in [0.717, 1.165) is 42.2 Å². The summed E-state index contributed by atoms with van der Waals surface area (Å²) in [5.74, 6) is 0.915. The van der Waals surface area contributed by atoms with Gasteiger partial charge in [0.05, 0.1) is 25.9 Å². The number of aliphatic hydroxyl groups excluding tert-OH is 1. The van der Waals surface area contributed by atoms with Crippen molar-refractivity contribution < 1.29 is 9.84 Å². The Balaban J connectivity index is 2.27. The highest BCUT2D eigenvalue weighted by Crippen LogP contribution is 2.23. The van der Waals surface area contributed by atoms with Gasteiger partial charge in [0.25, 0.3) is 0 Å². The molecule has 0 aliphatic carbocycles. The quantitative estimate of drug-likeness (QED) is 0.867. The second-order valence-electron chi connectivity index (χ2n) is 4.14. The standard InChI is InChI=1S/C12H17BrN2O2/c1-2-10-8-17-4-3-15(10)12-6-9(7-16)5-11(13)14-12/h5-6,10,16H,2-4,7-8H2,1H3. The highest BCUT2D eigenvalue weighted by atomic mass is 79.9. The van der Waals surface area contributed by atoms with Gasteiger partial charge in [-0.15, -0.1) is 0 Å². The van der Waals surface area contributed by atoms with Crippen molar-refractivity contribution in [2.45, 2.75) is 26.0 Å². The number of rotatable bonds is 3. The third-order valence-corrected chi connectivity index (χ3v) is 3.42. The summed E-state index contributed by atoms with van der Waals surface area (Å²) in [6, 6.07) is 4.15. The van der Waals surface area contributed by atoms with E-state index in [1.54, 1.807) is 0 Å². The molecule has 0 radical (unpaired) electrons. The van der Waals surface area contributed by atoms with E-state index in [0.29, 0.717) is 6.04 Å². The summed E-state index contributed by atoms with van der Waals surface area (Å²) in [7, 11) is 0. The average molecular weight is 301 g/mol. The third kappa shape index (κ3) is 2.97. The lowest BCUT2D eigenvalue weighted by atomic mass is 10.1. The van der Waals surface area contributed by atoms with Crippen LogP contribution in [0.1, 0.15) is 18.9 Å². The molecule has 0 spiro atoms. The molecule has 17 heavy (non-hydrogen) atoms. The zero-order chi connectivity index (χ0) is 12.3. The van der Waals surface area contributed by atoms with Gasteiger partial charge in [-0.25, -0.2) is 4.98 Å². The second-order valence-corrected chi connectivity index (χ2v) is 4.96. The SMILES string of the molecule is CCC1COCCN1c1cc(CO)cc(Br)n1. The Hall–Kier alpha value is -0.650. The minimum Gasteiger partial charge on any atom is -0.392 e. The monoisotopic (exact) mass is 300 g/mol. The highest BCUT2D eigenvalue weighted by Gasteiger charge is 2.23. The van der Waals surface area contributed by atoms with E-state index < -0.39 is 0 Å². The van der Waals surface area contributed by atoms with Gasteiger partial charge in [-0.3, -0.25) is 0 Å². The number of morpholine rings is 1. The Labute approximate surface area is 110 Å².